The molecule has 0 radical (unpaired) electrons. The van der Waals surface area contributed by atoms with E-state index < -0.39 is 28.9 Å². The molecule has 3 nitrogen and oxygen atoms in total. The van der Waals surface area contributed by atoms with Gasteiger partial charge in [-0.1, -0.05) is 11.6 Å². The van der Waals surface area contributed by atoms with E-state index >= 15 is 0 Å². The van der Waals surface area contributed by atoms with Gasteiger partial charge in [-0.25, -0.2) is 9.37 Å². The summed E-state index contributed by atoms with van der Waals surface area (Å²) in [7, 11) is 0. The molecule has 1 aromatic carbocycles. The van der Waals surface area contributed by atoms with E-state index in [1.165, 1.54) is 12.1 Å². The number of rotatable bonds is 2. The standard InChI is InChI=1S/C11H4BrClF4N2O/c12-6-3-5(1-2-7(6)14)20-9-4-8(13)18-10(19-9)11(15,16)17/h1-4H. The number of nitrogens with zero attached hydrogens (tertiary/aromatic N) is 2. The zero-order chi connectivity index (χ0) is 14.9. The molecule has 0 aliphatic carbocycles. The third-order valence-corrected chi connectivity index (χ3v) is 2.84. The molecular formula is C11H4BrClF4N2O. The topological polar surface area (TPSA) is 35.0 Å². The number of alkyl halides is 3. The second-order valence-electron chi connectivity index (χ2n) is 3.53. The first-order chi connectivity index (χ1) is 9.25. The number of aromatic nitrogens is 2. The van der Waals surface area contributed by atoms with E-state index in [2.05, 4.69) is 25.9 Å². The van der Waals surface area contributed by atoms with E-state index in [4.69, 9.17) is 16.3 Å². The Hall–Kier alpha value is -1.41. The zero-order valence-electron chi connectivity index (χ0n) is 9.38. The fourth-order valence-corrected chi connectivity index (χ4v) is 1.77. The average molecular weight is 372 g/mol. The molecular weight excluding hydrogens is 367 g/mol. The number of halogens is 6. The molecule has 1 heterocycles. The fraction of sp³-hybridized carbons (Fsp3) is 0.0909. The molecule has 20 heavy (non-hydrogen) atoms. The van der Waals surface area contributed by atoms with E-state index in [0.717, 1.165) is 12.1 Å². The van der Waals surface area contributed by atoms with Crippen LogP contribution in [0.3, 0.4) is 0 Å². The fourth-order valence-electron chi connectivity index (χ4n) is 1.24. The molecule has 0 saturated carbocycles. The molecule has 2 rings (SSSR count). The summed E-state index contributed by atoms with van der Waals surface area (Å²) in [5, 5.41) is -0.413. The molecule has 2 aromatic rings. The molecule has 0 spiro atoms. The predicted octanol–water partition coefficient (Wildman–Crippen LogP) is 4.84. The Morgan fingerprint density at radius 2 is 1.85 bits per heavy atom. The Morgan fingerprint density at radius 3 is 2.45 bits per heavy atom. The summed E-state index contributed by atoms with van der Waals surface area (Å²) in [5.41, 5.74) is 0. The van der Waals surface area contributed by atoms with Crippen LogP contribution in [0, 0.1) is 5.82 Å². The van der Waals surface area contributed by atoms with Crippen LogP contribution >= 0.6 is 27.5 Å². The highest BCUT2D eigenvalue weighted by atomic mass is 79.9. The van der Waals surface area contributed by atoms with Gasteiger partial charge in [0.2, 0.25) is 11.7 Å². The Morgan fingerprint density at radius 1 is 1.15 bits per heavy atom. The molecule has 106 valence electrons. The quantitative estimate of drug-likeness (QED) is 0.559. The van der Waals surface area contributed by atoms with Crippen molar-refractivity contribution in [1.82, 2.24) is 9.97 Å². The Balaban J connectivity index is 2.33. The van der Waals surface area contributed by atoms with Crippen molar-refractivity contribution in [3.05, 3.63) is 45.5 Å². The van der Waals surface area contributed by atoms with Crippen LogP contribution in [0.2, 0.25) is 5.15 Å². The summed E-state index contributed by atoms with van der Waals surface area (Å²) in [6.07, 6.45) is -4.74. The van der Waals surface area contributed by atoms with E-state index in [0.29, 0.717) is 0 Å². The highest BCUT2D eigenvalue weighted by Crippen LogP contribution is 2.31. The maximum atomic E-state index is 13.0. The van der Waals surface area contributed by atoms with Crippen molar-refractivity contribution in [2.24, 2.45) is 0 Å². The average Bonchev–Trinajstić information content (AvgIpc) is 2.32. The van der Waals surface area contributed by atoms with Crippen molar-refractivity contribution in [1.29, 1.82) is 0 Å². The van der Waals surface area contributed by atoms with Crippen LogP contribution in [0.25, 0.3) is 0 Å². The molecule has 0 aliphatic heterocycles. The van der Waals surface area contributed by atoms with Crippen LogP contribution < -0.4 is 4.74 Å². The minimum absolute atomic E-state index is 0.0983. The minimum atomic E-state index is -4.74. The monoisotopic (exact) mass is 370 g/mol. The highest BCUT2D eigenvalue weighted by molar-refractivity contribution is 9.10. The first-order valence-corrected chi connectivity index (χ1v) is 6.17. The van der Waals surface area contributed by atoms with Crippen LogP contribution in [0.5, 0.6) is 11.6 Å². The van der Waals surface area contributed by atoms with Crippen LogP contribution in [0.15, 0.2) is 28.7 Å². The largest absolute Gasteiger partial charge is 0.451 e. The zero-order valence-corrected chi connectivity index (χ0v) is 11.7. The molecule has 0 fully saturated rings. The molecule has 0 atom stereocenters. The van der Waals surface area contributed by atoms with Crippen molar-refractivity contribution >= 4 is 27.5 Å². The molecule has 0 saturated heterocycles. The number of ether oxygens (including phenoxy) is 1. The van der Waals surface area contributed by atoms with E-state index in [1.54, 1.807) is 0 Å². The Kier molecular flexibility index (Phi) is 4.14. The smallest absolute Gasteiger partial charge is 0.439 e. The van der Waals surface area contributed by atoms with Gasteiger partial charge in [0.05, 0.1) is 4.47 Å². The summed E-state index contributed by atoms with van der Waals surface area (Å²) < 4.78 is 55.7. The van der Waals surface area contributed by atoms with E-state index in [9.17, 15) is 17.6 Å². The van der Waals surface area contributed by atoms with E-state index in [1.807, 2.05) is 0 Å². The minimum Gasteiger partial charge on any atom is -0.439 e. The van der Waals surface area contributed by atoms with E-state index in [-0.39, 0.29) is 10.2 Å². The lowest BCUT2D eigenvalue weighted by atomic mass is 10.3. The number of hydrogen-bond donors (Lipinski definition) is 0. The molecule has 0 aliphatic rings. The SMILES string of the molecule is Fc1ccc(Oc2cc(Cl)nc(C(F)(F)F)n2)cc1Br. The highest BCUT2D eigenvalue weighted by Gasteiger charge is 2.35. The molecule has 9 heteroatoms. The predicted molar refractivity (Wildman–Crippen MR) is 66.2 cm³/mol. The van der Waals surface area contributed by atoms with Crippen molar-refractivity contribution in [2.45, 2.75) is 6.18 Å². The van der Waals surface area contributed by atoms with Gasteiger partial charge >= 0.3 is 6.18 Å². The second-order valence-corrected chi connectivity index (χ2v) is 4.77. The molecule has 1 aromatic heterocycles. The van der Waals surface area contributed by atoms with Gasteiger partial charge in [-0.3, -0.25) is 0 Å². The summed E-state index contributed by atoms with van der Waals surface area (Å²) in [6.45, 7) is 0. The molecule has 0 N–H and O–H groups in total. The summed E-state index contributed by atoms with van der Waals surface area (Å²) in [4.78, 5) is 6.26. The van der Waals surface area contributed by atoms with Gasteiger partial charge in [0.25, 0.3) is 0 Å². The Labute approximate surface area is 123 Å². The lowest BCUT2D eigenvalue weighted by Gasteiger charge is -2.09. The number of benzene rings is 1. The summed E-state index contributed by atoms with van der Waals surface area (Å²) >= 11 is 8.40. The lowest BCUT2D eigenvalue weighted by molar-refractivity contribution is -0.145. The van der Waals surface area contributed by atoms with Gasteiger partial charge in [0.1, 0.15) is 16.7 Å². The normalized spacial score (nSPS) is 11.5. The molecule has 0 amide bonds. The van der Waals surface area contributed by atoms with Gasteiger partial charge in [0.15, 0.2) is 0 Å². The molecule has 0 bridgehead atoms. The maximum Gasteiger partial charge on any atom is 0.451 e. The number of hydrogen-bond acceptors (Lipinski definition) is 3. The van der Waals surface area contributed by atoms with Crippen molar-refractivity contribution in [2.75, 3.05) is 0 Å². The van der Waals surface area contributed by atoms with Crippen molar-refractivity contribution < 1.29 is 22.3 Å². The van der Waals surface area contributed by atoms with Gasteiger partial charge in [-0.15, -0.1) is 0 Å². The lowest BCUT2D eigenvalue weighted by Crippen LogP contribution is -2.11. The van der Waals surface area contributed by atoms with Gasteiger partial charge in [-0.2, -0.15) is 18.2 Å². The Bertz CT molecular complexity index is 651. The maximum absolute atomic E-state index is 13.0. The van der Waals surface area contributed by atoms with Crippen molar-refractivity contribution in [3.63, 3.8) is 0 Å². The second kappa shape index (κ2) is 5.53. The summed E-state index contributed by atoms with van der Waals surface area (Å²) in [6, 6.07) is 4.60. The van der Waals surface area contributed by atoms with Gasteiger partial charge in [0, 0.05) is 6.07 Å². The van der Waals surface area contributed by atoms with Gasteiger partial charge in [-0.05, 0) is 34.1 Å². The summed E-state index contributed by atoms with van der Waals surface area (Å²) in [5.74, 6) is -2.24. The molecule has 0 unspecified atom stereocenters. The first kappa shape index (κ1) is 15.0. The third-order valence-electron chi connectivity index (χ3n) is 2.04. The third kappa shape index (κ3) is 3.57. The van der Waals surface area contributed by atoms with Crippen LogP contribution in [-0.4, -0.2) is 9.97 Å². The first-order valence-electron chi connectivity index (χ1n) is 5.00. The van der Waals surface area contributed by atoms with Crippen LogP contribution in [0.1, 0.15) is 5.82 Å². The van der Waals surface area contributed by atoms with Crippen molar-refractivity contribution in [3.8, 4) is 11.6 Å². The van der Waals surface area contributed by atoms with Crippen LogP contribution in [-0.2, 0) is 6.18 Å². The van der Waals surface area contributed by atoms with Crippen LogP contribution in [0.4, 0.5) is 17.6 Å². The van der Waals surface area contributed by atoms with Gasteiger partial charge < -0.3 is 4.74 Å².